The van der Waals surface area contributed by atoms with Gasteiger partial charge in [0.25, 0.3) is 0 Å². The molecule has 0 fully saturated rings. The molecular formula is C16H28N2O2S. The first kappa shape index (κ1) is 18.1. The zero-order valence-corrected chi connectivity index (χ0v) is 14.3. The molecule has 5 heteroatoms. The molecule has 0 saturated carbocycles. The zero-order chi connectivity index (χ0) is 15.9. The Morgan fingerprint density at radius 2 is 1.90 bits per heavy atom. The van der Waals surface area contributed by atoms with Gasteiger partial charge in [-0.3, -0.25) is 0 Å². The fraction of sp³-hybridized carbons (Fsp3) is 0.625. The first-order chi connectivity index (χ1) is 9.90. The highest BCUT2D eigenvalue weighted by Crippen LogP contribution is 2.17. The fourth-order valence-electron chi connectivity index (χ4n) is 1.91. The molecule has 0 aromatic heterocycles. The topological polar surface area (TPSA) is 58.2 Å². The SMILES string of the molecule is CCCNC(C)c1cccc(S(=O)(=O)NCC(C)CC)c1. The molecule has 1 rings (SSSR count). The molecule has 2 atom stereocenters. The number of rotatable bonds is 9. The first-order valence-corrected chi connectivity index (χ1v) is 9.22. The van der Waals surface area contributed by atoms with Gasteiger partial charge in [0.05, 0.1) is 4.90 Å². The van der Waals surface area contributed by atoms with Gasteiger partial charge in [0.1, 0.15) is 0 Å². The van der Waals surface area contributed by atoms with Gasteiger partial charge >= 0.3 is 0 Å². The quantitative estimate of drug-likeness (QED) is 0.737. The Bertz CT molecular complexity index is 529. The summed E-state index contributed by atoms with van der Waals surface area (Å²) in [7, 11) is -3.42. The van der Waals surface area contributed by atoms with E-state index in [1.54, 1.807) is 18.2 Å². The van der Waals surface area contributed by atoms with Crippen molar-refractivity contribution >= 4 is 10.0 Å². The smallest absolute Gasteiger partial charge is 0.240 e. The molecular weight excluding hydrogens is 284 g/mol. The van der Waals surface area contributed by atoms with E-state index in [0.29, 0.717) is 17.4 Å². The van der Waals surface area contributed by atoms with Crippen LogP contribution in [0.4, 0.5) is 0 Å². The van der Waals surface area contributed by atoms with Gasteiger partial charge in [0.2, 0.25) is 10.0 Å². The molecule has 2 N–H and O–H groups in total. The van der Waals surface area contributed by atoms with Crippen molar-refractivity contribution in [1.29, 1.82) is 0 Å². The molecule has 0 amide bonds. The largest absolute Gasteiger partial charge is 0.310 e. The number of hydrogen-bond donors (Lipinski definition) is 2. The summed E-state index contributed by atoms with van der Waals surface area (Å²) in [5, 5.41) is 3.37. The summed E-state index contributed by atoms with van der Waals surface area (Å²) in [4.78, 5) is 0.341. The highest BCUT2D eigenvalue weighted by atomic mass is 32.2. The van der Waals surface area contributed by atoms with E-state index < -0.39 is 10.0 Å². The summed E-state index contributed by atoms with van der Waals surface area (Å²) in [6.07, 6.45) is 2.01. The maximum atomic E-state index is 12.3. The van der Waals surface area contributed by atoms with Crippen molar-refractivity contribution in [3.8, 4) is 0 Å². The van der Waals surface area contributed by atoms with Crippen LogP contribution >= 0.6 is 0 Å². The van der Waals surface area contributed by atoms with E-state index in [0.717, 1.165) is 24.9 Å². The standard InChI is InChI=1S/C16H28N2O2S/c1-5-10-17-14(4)15-8-7-9-16(11-15)21(19,20)18-12-13(3)6-2/h7-9,11,13-14,17-18H,5-6,10,12H2,1-4H3. The summed E-state index contributed by atoms with van der Waals surface area (Å²) >= 11 is 0. The van der Waals surface area contributed by atoms with Crippen molar-refractivity contribution < 1.29 is 8.42 Å². The van der Waals surface area contributed by atoms with E-state index in [1.807, 2.05) is 19.9 Å². The lowest BCUT2D eigenvalue weighted by molar-refractivity contribution is 0.528. The monoisotopic (exact) mass is 312 g/mol. The minimum absolute atomic E-state index is 0.148. The molecule has 0 aliphatic carbocycles. The maximum Gasteiger partial charge on any atom is 0.240 e. The molecule has 0 aliphatic rings. The van der Waals surface area contributed by atoms with Crippen molar-refractivity contribution in [3.63, 3.8) is 0 Å². The molecule has 21 heavy (non-hydrogen) atoms. The zero-order valence-electron chi connectivity index (χ0n) is 13.5. The molecule has 0 radical (unpaired) electrons. The molecule has 0 bridgehead atoms. The average molecular weight is 312 g/mol. The molecule has 0 spiro atoms. The molecule has 1 aromatic carbocycles. The number of hydrogen-bond acceptors (Lipinski definition) is 3. The number of sulfonamides is 1. The molecule has 1 aromatic rings. The maximum absolute atomic E-state index is 12.3. The third-order valence-corrected chi connectivity index (χ3v) is 5.11. The first-order valence-electron chi connectivity index (χ1n) is 7.73. The molecule has 4 nitrogen and oxygen atoms in total. The van der Waals surface area contributed by atoms with Crippen LogP contribution in [-0.4, -0.2) is 21.5 Å². The normalized spacial score (nSPS) is 14.9. The molecule has 0 heterocycles. The minimum atomic E-state index is -3.42. The van der Waals surface area contributed by atoms with E-state index >= 15 is 0 Å². The van der Waals surface area contributed by atoms with Crippen LogP contribution in [0.1, 0.15) is 52.1 Å². The van der Waals surface area contributed by atoms with Gasteiger partial charge in [-0.1, -0.05) is 39.3 Å². The van der Waals surface area contributed by atoms with Crippen molar-refractivity contribution in [1.82, 2.24) is 10.0 Å². The Labute approximate surface area is 129 Å². The Morgan fingerprint density at radius 3 is 2.52 bits per heavy atom. The van der Waals surface area contributed by atoms with Gasteiger partial charge in [-0.2, -0.15) is 0 Å². The Hall–Kier alpha value is -0.910. The lowest BCUT2D eigenvalue weighted by Gasteiger charge is -2.15. The van der Waals surface area contributed by atoms with Crippen molar-refractivity contribution in [2.75, 3.05) is 13.1 Å². The Kier molecular flexibility index (Phi) is 7.35. The van der Waals surface area contributed by atoms with E-state index in [1.165, 1.54) is 0 Å². The van der Waals surface area contributed by atoms with Gasteiger partial charge in [0.15, 0.2) is 0 Å². The number of benzene rings is 1. The molecule has 0 saturated heterocycles. The van der Waals surface area contributed by atoms with Crippen molar-refractivity contribution in [2.45, 2.75) is 51.5 Å². The van der Waals surface area contributed by atoms with Gasteiger partial charge in [-0.05, 0) is 43.5 Å². The van der Waals surface area contributed by atoms with Gasteiger partial charge < -0.3 is 5.32 Å². The highest BCUT2D eigenvalue weighted by Gasteiger charge is 2.16. The third-order valence-electron chi connectivity index (χ3n) is 3.69. The molecule has 0 aliphatic heterocycles. The lowest BCUT2D eigenvalue weighted by atomic mass is 10.1. The predicted octanol–water partition coefficient (Wildman–Crippen LogP) is 3.07. The third kappa shape index (κ3) is 5.77. The summed E-state index contributed by atoms with van der Waals surface area (Å²) in [5.41, 5.74) is 0.995. The van der Waals surface area contributed by atoms with Crippen LogP contribution in [-0.2, 0) is 10.0 Å². The van der Waals surface area contributed by atoms with Crippen molar-refractivity contribution in [2.24, 2.45) is 5.92 Å². The average Bonchev–Trinajstić information content (AvgIpc) is 2.50. The van der Waals surface area contributed by atoms with Crippen LogP contribution in [0, 0.1) is 5.92 Å². The fourth-order valence-corrected chi connectivity index (χ4v) is 3.13. The Morgan fingerprint density at radius 1 is 1.19 bits per heavy atom. The van der Waals surface area contributed by atoms with E-state index in [2.05, 4.69) is 23.9 Å². The van der Waals surface area contributed by atoms with Crippen LogP contribution in [0.15, 0.2) is 29.2 Å². The molecule has 120 valence electrons. The van der Waals surface area contributed by atoms with Gasteiger partial charge in [-0.25, -0.2) is 13.1 Å². The second kappa shape index (κ2) is 8.51. The van der Waals surface area contributed by atoms with Crippen LogP contribution in [0.3, 0.4) is 0 Å². The van der Waals surface area contributed by atoms with Gasteiger partial charge in [-0.15, -0.1) is 0 Å². The van der Waals surface area contributed by atoms with E-state index in [9.17, 15) is 8.42 Å². The van der Waals surface area contributed by atoms with Crippen LogP contribution in [0.2, 0.25) is 0 Å². The second-order valence-electron chi connectivity index (χ2n) is 5.61. The molecule has 2 unspecified atom stereocenters. The summed E-state index contributed by atoms with van der Waals surface area (Å²) in [5.74, 6) is 0.341. The van der Waals surface area contributed by atoms with E-state index in [4.69, 9.17) is 0 Å². The Balaban J connectivity index is 2.83. The van der Waals surface area contributed by atoms with Crippen LogP contribution < -0.4 is 10.0 Å². The number of nitrogens with one attached hydrogen (secondary N) is 2. The van der Waals surface area contributed by atoms with E-state index in [-0.39, 0.29) is 6.04 Å². The predicted molar refractivity (Wildman–Crippen MR) is 87.8 cm³/mol. The van der Waals surface area contributed by atoms with Gasteiger partial charge in [0, 0.05) is 12.6 Å². The summed E-state index contributed by atoms with van der Waals surface area (Å²) in [6.45, 7) is 9.65. The second-order valence-corrected chi connectivity index (χ2v) is 7.38. The summed E-state index contributed by atoms with van der Waals surface area (Å²) in [6, 6.07) is 7.31. The van der Waals surface area contributed by atoms with Crippen LogP contribution in [0.5, 0.6) is 0 Å². The summed E-state index contributed by atoms with van der Waals surface area (Å²) < 4.78 is 27.3. The minimum Gasteiger partial charge on any atom is -0.310 e. The lowest BCUT2D eigenvalue weighted by Crippen LogP contribution is -2.28. The van der Waals surface area contributed by atoms with Crippen molar-refractivity contribution in [3.05, 3.63) is 29.8 Å². The van der Waals surface area contributed by atoms with Crippen LogP contribution in [0.25, 0.3) is 0 Å². The highest BCUT2D eigenvalue weighted by molar-refractivity contribution is 7.89.